The van der Waals surface area contributed by atoms with E-state index in [-0.39, 0.29) is 5.60 Å². The Morgan fingerprint density at radius 3 is 2.64 bits per heavy atom. The molecule has 1 aromatic heterocycles. The van der Waals surface area contributed by atoms with Crippen LogP contribution in [0.25, 0.3) is 10.9 Å². The fourth-order valence-electron chi connectivity index (χ4n) is 4.15. The van der Waals surface area contributed by atoms with Crippen LogP contribution in [0.15, 0.2) is 60.8 Å². The van der Waals surface area contributed by atoms with Crippen LogP contribution in [0.2, 0.25) is 0 Å². The van der Waals surface area contributed by atoms with E-state index in [0.29, 0.717) is 12.7 Å². The highest BCUT2D eigenvalue weighted by Crippen LogP contribution is 2.41. The summed E-state index contributed by atoms with van der Waals surface area (Å²) in [7, 11) is 3.60. The molecule has 0 bridgehead atoms. The van der Waals surface area contributed by atoms with E-state index in [0.717, 1.165) is 47.9 Å². The molecule has 146 valence electrons. The van der Waals surface area contributed by atoms with Gasteiger partial charge in [0.1, 0.15) is 12.4 Å². The maximum Gasteiger partial charge on any atom is 0.120 e. The largest absolute Gasteiger partial charge is 0.489 e. The van der Waals surface area contributed by atoms with Gasteiger partial charge in [-0.25, -0.2) is 0 Å². The first-order valence-electron chi connectivity index (χ1n) is 9.87. The Bertz CT molecular complexity index is 932. The molecule has 1 heterocycles. The van der Waals surface area contributed by atoms with Crippen molar-refractivity contribution in [3.05, 3.63) is 71.9 Å². The van der Waals surface area contributed by atoms with Crippen molar-refractivity contribution >= 4 is 10.9 Å². The van der Waals surface area contributed by atoms with Crippen molar-refractivity contribution in [3.8, 4) is 5.75 Å². The van der Waals surface area contributed by atoms with E-state index >= 15 is 0 Å². The average molecular weight is 377 g/mol. The lowest BCUT2D eigenvalue weighted by molar-refractivity contribution is -0.0762. The number of benzene rings is 2. The van der Waals surface area contributed by atoms with E-state index in [1.165, 1.54) is 5.56 Å². The van der Waals surface area contributed by atoms with Gasteiger partial charge < -0.3 is 14.2 Å². The molecule has 0 unspecified atom stereocenters. The third-order valence-corrected chi connectivity index (χ3v) is 5.90. The molecule has 1 aliphatic carbocycles. The number of rotatable bonds is 6. The molecular formula is C24H27NO3. The van der Waals surface area contributed by atoms with Gasteiger partial charge >= 0.3 is 0 Å². The molecule has 0 spiro atoms. The normalized spacial score (nSPS) is 22.3. The molecule has 4 heteroatoms. The minimum atomic E-state index is -0.247. The number of nitrogens with zero attached hydrogens (tertiary/aromatic N) is 1. The van der Waals surface area contributed by atoms with Crippen molar-refractivity contribution in [2.45, 2.75) is 44.0 Å². The van der Waals surface area contributed by atoms with Gasteiger partial charge in [-0.05, 0) is 67.1 Å². The lowest BCUT2D eigenvalue weighted by Gasteiger charge is -2.39. The van der Waals surface area contributed by atoms with Crippen LogP contribution < -0.4 is 4.74 Å². The van der Waals surface area contributed by atoms with Crippen LogP contribution in [0, 0.1) is 0 Å². The number of hydrogen-bond donors (Lipinski definition) is 0. The average Bonchev–Trinajstić information content (AvgIpc) is 2.78. The smallest absolute Gasteiger partial charge is 0.120 e. The first kappa shape index (κ1) is 18.9. The summed E-state index contributed by atoms with van der Waals surface area (Å²) in [6.07, 6.45) is 6.11. The lowest BCUT2D eigenvalue weighted by Crippen LogP contribution is -2.35. The maximum atomic E-state index is 6.10. The molecule has 2 aromatic carbocycles. The summed E-state index contributed by atoms with van der Waals surface area (Å²) in [6.45, 7) is 0.528. The number of aromatic nitrogens is 1. The Balaban J connectivity index is 1.48. The molecule has 4 nitrogen and oxygen atoms in total. The molecule has 4 rings (SSSR count). The highest BCUT2D eigenvalue weighted by Gasteiger charge is 2.37. The van der Waals surface area contributed by atoms with Crippen LogP contribution in [0.5, 0.6) is 5.75 Å². The molecule has 0 saturated heterocycles. The molecular weight excluding hydrogens is 350 g/mol. The summed E-state index contributed by atoms with van der Waals surface area (Å²) < 4.78 is 17.6. The summed E-state index contributed by atoms with van der Waals surface area (Å²) in [5.74, 6) is 0.870. The van der Waals surface area contributed by atoms with E-state index in [1.54, 1.807) is 7.11 Å². The first-order valence-corrected chi connectivity index (χ1v) is 9.87. The topological polar surface area (TPSA) is 40.6 Å². The SMILES string of the molecule is CO[C@H]1CC[C@@](OC)(c2cccc(OCc3ccc4ncccc4c3)c2)CC1. The Hall–Kier alpha value is -2.43. The van der Waals surface area contributed by atoms with Gasteiger partial charge in [-0.1, -0.05) is 24.3 Å². The van der Waals surface area contributed by atoms with Crippen molar-refractivity contribution in [3.63, 3.8) is 0 Å². The van der Waals surface area contributed by atoms with Gasteiger partial charge in [0, 0.05) is 25.8 Å². The predicted octanol–water partition coefficient (Wildman–Crippen LogP) is 5.24. The van der Waals surface area contributed by atoms with Crippen LogP contribution in [-0.4, -0.2) is 25.3 Å². The van der Waals surface area contributed by atoms with Crippen LogP contribution in [-0.2, 0) is 21.7 Å². The zero-order chi connectivity index (χ0) is 19.4. The van der Waals surface area contributed by atoms with E-state index in [2.05, 4.69) is 41.4 Å². The van der Waals surface area contributed by atoms with Crippen LogP contribution in [0.1, 0.15) is 36.8 Å². The maximum absolute atomic E-state index is 6.10. The first-order chi connectivity index (χ1) is 13.7. The van der Waals surface area contributed by atoms with Crippen LogP contribution in [0.4, 0.5) is 0 Å². The molecule has 1 fully saturated rings. The summed E-state index contributed by atoms with van der Waals surface area (Å²) in [6, 6.07) is 18.6. The number of ether oxygens (including phenoxy) is 3. The van der Waals surface area contributed by atoms with E-state index in [9.17, 15) is 0 Å². The van der Waals surface area contributed by atoms with Crippen LogP contribution in [0.3, 0.4) is 0 Å². The highest BCUT2D eigenvalue weighted by atomic mass is 16.5. The quantitative estimate of drug-likeness (QED) is 0.589. The van der Waals surface area contributed by atoms with Gasteiger partial charge in [-0.15, -0.1) is 0 Å². The van der Waals surface area contributed by atoms with Crippen molar-refractivity contribution < 1.29 is 14.2 Å². The second-order valence-corrected chi connectivity index (χ2v) is 7.48. The number of pyridine rings is 1. The predicted molar refractivity (Wildman–Crippen MR) is 110 cm³/mol. The third kappa shape index (κ3) is 3.89. The van der Waals surface area contributed by atoms with Gasteiger partial charge in [0.2, 0.25) is 0 Å². The van der Waals surface area contributed by atoms with Crippen molar-refractivity contribution in [2.75, 3.05) is 14.2 Å². The number of hydrogen-bond acceptors (Lipinski definition) is 4. The lowest BCUT2D eigenvalue weighted by atomic mass is 9.78. The summed E-state index contributed by atoms with van der Waals surface area (Å²) >= 11 is 0. The molecule has 28 heavy (non-hydrogen) atoms. The number of methoxy groups -OCH3 is 2. The fourth-order valence-corrected chi connectivity index (χ4v) is 4.15. The van der Waals surface area contributed by atoms with E-state index in [1.807, 2.05) is 31.5 Å². The molecule has 1 aliphatic rings. The van der Waals surface area contributed by atoms with Gasteiger partial charge in [0.15, 0.2) is 0 Å². The molecule has 0 aliphatic heterocycles. The zero-order valence-electron chi connectivity index (χ0n) is 16.6. The Kier molecular flexibility index (Phi) is 5.60. The summed E-state index contributed by atoms with van der Waals surface area (Å²) in [5, 5.41) is 1.13. The number of fused-ring (bicyclic) bond motifs is 1. The Morgan fingerprint density at radius 2 is 1.86 bits per heavy atom. The van der Waals surface area contributed by atoms with Gasteiger partial charge in [-0.3, -0.25) is 4.98 Å². The zero-order valence-corrected chi connectivity index (χ0v) is 16.6. The van der Waals surface area contributed by atoms with Crippen molar-refractivity contribution in [1.82, 2.24) is 4.98 Å². The molecule has 3 aromatic rings. The Morgan fingerprint density at radius 1 is 1.00 bits per heavy atom. The molecule has 0 amide bonds. The van der Waals surface area contributed by atoms with Crippen molar-refractivity contribution in [2.24, 2.45) is 0 Å². The van der Waals surface area contributed by atoms with Gasteiger partial charge in [0.25, 0.3) is 0 Å². The minimum absolute atomic E-state index is 0.247. The second kappa shape index (κ2) is 8.29. The van der Waals surface area contributed by atoms with Gasteiger partial charge in [0.05, 0.1) is 17.2 Å². The second-order valence-electron chi connectivity index (χ2n) is 7.48. The standard InChI is InChI=1S/C24H27NO3/c1-26-21-10-12-24(27-2,13-11-21)20-6-3-7-22(16-20)28-17-18-8-9-23-19(15-18)5-4-14-25-23/h3-9,14-16,21H,10-13,17H2,1-2H3/t21-,24-. The summed E-state index contributed by atoms with van der Waals surface area (Å²) in [5.41, 5.74) is 3.07. The molecule has 1 saturated carbocycles. The van der Waals surface area contributed by atoms with Crippen molar-refractivity contribution in [1.29, 1.82) is 0 Å². The van der Waals surface area contributed by atoms with E-state index in [4.69, 9.17) is 14.2 Å². The molecule has 0 atom stereocenters. The molecule has 0 radical (unpaired) electrons. The third-order valence-electron chi connectivity index (χ3n) is 5.90. The minimum Gasteiger partial charge on any atom is -0.489 e. The summed E-state index contributed by atoms with van der Waals surface area (Å²) in [4.78, 5) is 4.37. The highest BCUT2D eigenvalue weighted by molar-refractivity contribution is 5.78. The molecule has 0 N–H and O–H groups in total. The van der Waals surface area contributed by atoms with Gasteiger partial charge in [-0.2, -0.15) is 0 Å². The van der Waals surface area contributed by atoms with E-state index < -0.39 is 0 Å². The fraction of sp³-hybridized carbons (Fsp3) is 0.375. The van der Waals surface area contributed by atoms with Crippen LogP contribution >= 0.6 is 0 Å². The monoisotopic (exact) mass is 377 g/mol. The Labute approximate surface area is 166 Å².